The Kier molecular flexibility index (Phi) is 1.30. The molecule has 2 aliphatic rings. The van der Waals surface area contributed by atoms with Gasteiger partial charge in [0, 0.05) is 13.1 Å². The molecule has 1 saturated carbocycles. The van der Waals surface area contributed by atoms with Gasteiger partial charge in [-0.1, -0.05) is 6.08 Å². The van der Waals surface area contributed by atoms with E-state index in [0.29, 0.717) is 0 Å². The molecule has 0 aromatic rings. The molecule has 0 aromatic carbocycles. The number of likely N-dealkylation sites (N-methyl/N-ethyl adjacent to an activating group) is 1. The summed E-state index contributed by atoms with van der Waals surface area (Å²) in [6.45, 7) is 2.03. The van der Waals surface area contributed by atoms with Crippen molar-refractivity contribution in [3.63, 3.8) is 0 Å². The summed E-state index contributed by atoms with van der Waals surface area (Å²) in [7, 11) is 2.09. The Balaban J connectivity index is 2.13. The highest BCUT2D eigenvalue weighted by Crippen LogP contribution is 2.52. The lowest BCUT2D eigenvalue weighted by Crippen LogP contribution is -2.16. The van der Waals surface area contributed by atoms with Crippen LogP contribution in [0.3, 0.4) is 0 Å². The summed E-state index contributed by atoms with van der Waals surface area (Å²) in [5, 5.41) is 8.89. The molecule has 0 unspecified atom stereocenters. The highest BCUT2D eigenvalue weighted by Gasteiger charge is 2.47. The van der Waals surface area contributed by atoms with Crippen LogP contribution in [0.5, 0.6) is 0 Å². The fourth-order valence-corrected chi connectivity index (χ4v) is 1.66. The molecule has 11 heavy (non-hydrogen) atoms. The topological polar surface area (TPSA) is 27.0 Å². The minimum atomic E-state index is -0.0231. The van der Waals surface area contributed by atoms with E-state index in [0.717, 1.165) is 25.9 Å². The van der Waals surface area contributed by atoms with E-state index in [4.69, 9.17) is 5.26 Å². The summed E-state index contributed by atoms with van der Waals surface area (Å²) in [5.41, 5.74) is 1.34. The van der Waals surface area contributed by atoms with Gasteiger partial charge in [0.2, 0.25) is 0 Å². The highest BCUT2D eigenvalue weighted by molar-refractivity contribution is 5.34. The van der Waals surface area contributed by atoms with Crippen LogP contribution in [0.25, 0.3) is 0 Å². The van der Waals surface area contributed by atoms with Crippen LogP contribution in [0.4, 0.5) is 0 Å². The van der Waals surface area contributed by atoms with Crippen molar-refractivity contribution in [1.29, 1.82) is 5.26 Å². The van der Waals surface area contributed by atoms with Gasteiger partial charge in [-0.2, -0.15) is 5.26 Å². The van der Waals surface area contributed by atoms with Gasteiger partial charge in [0.1, 0.15) is 0 Å². The quantitative estimate of drug-likeness (QED) is 0.522. The number of nitriles is 1. The second-order valence-electron chi connectivity index (χ2n) is 3.62. The van der Waals surface area contributed by atoms with Crippen molar-refractivity contribution in [1.82, 2.24) is 4.90 Å². The van der Waals surface area contributed by atoms with E-state index in [9.17, 15) is 0 Å². The summed E-state index contributed by atoms with van der Waals surface area (Å²) in [6.07, 6.45) is 4.39. The number of rotatable bonds is 1. The predicted octanol–water partition coefficient (Wildman–Crippen LogP) is 1.16. The van der Waals surface area contributed by atoms with E-state index in [2.05, 4.69) is 24.1 Å². The van der Waals surface area contributed by atoms with Crippen LogP contribution < -0.4 is 0 Å². The molecule has 0 bridgehead atoms. The van der Waals surface area contributed by atoms with E-state index < -0.39 is 0 Å². The van der Waals surface area contributed by atoms with Crippen molar-refractivity contribution < 1.29 is 0 Å². The molecule has 2 nitrogen and oxygen atoms in total. The Morgan fingerprint density at radius 1 is 1.64 bits per heavy atom. The van der Waals surface area contributed by atoms with Crippen molar-refractivity contribution >= 4 is 0 Å². The lowest BCUT2D eigenvalue weighted by atomic mass is 9.99. The van der Waals surface area contributed by atoms with Crippen LogP contribution in [0.1, 0.15) is 12.8 Å². The lowest BCUT2D eigenvalue weighted by molar-refractivity contribution is 0.420. The number of nitrogens with zero attached hydrogens (tertiary/aromatic N) is 2. The minimum Gasteiger partial charge on any atom is -0.299 e. The molecule has 0 aromatic heterocycles. The van der Waals surface area contributed by atoms with E-state index in [-0.39, 0.29) is 5.41 Å². The van der Waals surface area contributed by atoms with Gasteiger partial charge in [-0.05, 0) is 25.5 Å². The van der Waals surface area contributed by atoms with Crippen molar-refractivity contribution in [2.75, 3.05) is 20.1 Å². The van der Waals surface area contributed by atoms with Gasteiger partial charge in [0.15, 0.2) is 0 Å². The Morgan fingerprint density at radius 2 is 2.36 bits per heavy atom. The van der Waals surface area contributed by atoms with Crippen LogP contribution in [-0.4, -0.2) is 25.0 Å². The first kappa shape index (κ1) is 6.87. The Bertz CT molecular complexity index is 243. The van der Waals surface area contributed by atoms with Gasteiger partial charge in [0.25, 0.3) is 0 Å². The Morgan fingerprint density at radius 3 is 2.73 bits per heavy atom. The molecular formula is C9H12N2. The van der Waals surface area contributed by atoms with E-state index in [1.54, 1.807) is 0 Å². The molecule has 0 atom stereocenters. The maximum atomic E-state index is 8.89. The molecule has 0 spiro atoms. The summed E-state index contributed by atoms with van der Waals surface area (Å²) >= 11 is 0. The van der Waals surface area contributed by atoms with Gasteiger partial charge in [-0.3, -0.25) is 4.90 Å². The third kappa shape index (κ3) is 0.965. The maximum absolute atomic E-state index is 8.89. The minimum absolute atomic E-state index is 0.0231. The van der Waals surface area contributed by atoms with E-state index in [1.165, 1.54) is 5.57 Å². The summed E-state index contributed by atoms with van der Waals surface area (Å²) < 4.78 is 0. The summed E-state index contributed by atoms with van der Waals surface area (Å²) in [4.78, 5) is 2.24. The fourth-order valence-electron chi connectivity index (χ4n) is 1.66. The Hall–Kier alpha value is -0.810. The van der Waals surface area contributed by atoms with Crippen molar-refractivity contribution in [2.45, 2.75) is 12.8 Å². The van der Waals surface area contributed by atoms with E-state index in [1.807, 2.05) is 0 Å². The monoisotopic (exact) mass is 148 g/mol. The third-order valence-electron chi connectivity index (χ3n) is 2.67. The number of hydrogen-bond donors (Lipinski definition) is 0. The van der Waals surface area contributed by atoms with Crippen molar-refractivity contribution in [3.8, 4) is 6.07 Å². The summed E-state index contributed by atoms with van der Waals surface area (Å²) in [5.74, 6) is 0. The standard InChI is InChI=1S/C9H12N2/c1-11-5-2-8(6-11)9(7-10)3-4-9/h2H,3-6H2,1H3. The predicted molar refractivity (Wildman–Crippen MR) is 42.9 cm³/mol. The third-order valence-corrected chi connectivity index (χ3v) is 2.67. The normalized spacial score (nSPS) is 27.8. The van der Waals surface area contributed by atoms with Crippen LogP contribution in [-0.2, 0) is 0 Å². The zero-order valence-corrected chi connectivity index (χ0v) is 6.80. The first-order valence-corrected chi connectivity index (χ1v) is 4.06. The maximum Gasteiger partial charge on any atom is 0.0796 e. The fraction of sp³-hybridized carbons (Fsp3) is 0.667. The number of hydrogen-bond acceptors (Lipinski definition) is 2. The summed E-state index contributed by atoms with van der Waals surface area (Å²) in [6, 6.07) is 2.42. The molecule has 1 aliphatic carbocycles. The molecule has 1 fully saturated rings. The molecule has 1 heterocycles. The molecular weight excluding hydrogens is 136 g/mol. The van der Waals surface area contributed by atoms with Crippen molar-refractivity contribution in [3.05, 3.63) is 11.6 Å². The highest BCUT2D eigenvalue weighted by atomic mass is 15.1. The smallest absolute Gasteiger partial charge is 0.0796 e. The molecule has 2 heteroatoms. The zero-order chi connectivity index (χ0) is 7.90. The molecule has 0 N–H and O–H groups in total. The lowest BCUT2D eigenvalue weighted by Gasteiger charge is -2.10. The van der Waals surface area contributed by atoms with Crippen LogP contribution >= 0.6 is 0 Å². The molecule has 0 radical (unpaired) electrons. The van der Waals surface area contributed by atoms with Gasteiger partial charge in [-0.25, -0.2) is 0 Å². The van der Waals surface area contributed by atoms with Gasteiger partial charge >= 0.3 is 0 Å². The van der Waals surface area contributed by atoms with Gasteiger partial charge in [-0.15, -0.1) is 0 Å². The van der Waals surface area contributed by atoms with Crippen LogP contribution in [0, 0.1) is 16.7 Å². The average molecular weight is 148 g/mol. The van der Waals surface area contributed by atoms with Gasteiger partial charge in [0.05, 0.1) is 11.5 Å². The Labute approximate surface area is 67.1 Å². The zero-order valence-electron chi connectivity index (χ0n) is 6.80. The van der Waals surface area contributed by atoms with Gasteiger partial charge < -0.3 is 0 Å². The van der Waals surface area contributed by atoms with Crippen LogP contribution in [0.2, 0.25) is 0 Å². The molecule has 2 rings (SSSR count). The second-order valence-corrected chi connectivity index (χ2v) is 3.62. The second kappa shape index (κ2) is 2.09. The van der Waals surface area contributed by atoms with E-state index >= 15 is 0 Å². The van der Waals surface area contributed by atoms with Crippen LogP contribution in [0.15, 0.2) is 11.6 Å². The molecule has 1 aliphatic heterocycles. The van der Waals surface area contributed by atoms with Crippen molar-refractivity contribution in [2.24, 2.45) is 5.41 Å². The average Bonchev–Trinajstić information content (AvgIpc) is 2.70. The first-order chi connectivity index (χ1) is 5.27. The largest absolute Gasteiger partial charge is 0.299 e. The molecule has 0 amide bonds. The SMILES string of the molecule is CN1CC=C(C2(C#N)CC2)C1. The molecule has 58 valence electrons. The molecule has 0 saturated heterocycles. The first-order valence-electron chi connectivity index (χ1n) is 4.06.